The smallest absolute Gasteiger partial charge is 0.220 e. The van der Waals surface area contributed by atoms with Crippen LogP contribution in [0.1, 0.15) is 44.6 Å². The number of amides is 1. The summed E-state index contributed by atoms with van der Waals surface area (Å²) in [6.07, 6.45) is 9.81. The first-order chi connectivity index (χ1) is 10.8. The molecule has 22 heavy (non-hydrogen) atoms. The number of aryl methyl sites for hydroxylation is 1. The number of unbranched alkanes of at least 4 members (excludes halogenated alkanes) is 3. The van der Waals surface area contributed by atoms with E-state index in [-0.39, 0.29) is 5.91 Å². The molecule has 118 valence electrons. The monoisotopic (exact) mass is 299 g/mol. The second-order valence-electron chi connectivity index (χ2n) is 5.54. The summed E-state index contributed by atoms with van der Waals surface area (Å²) in [7, 11) is 0. The van der Waals surface area contributed by atoms with Crippen molar-refractivity contribution >= 4 is 5.91 Å². The zero-order valence-corrected chi connectivity index (χ0v) is 13.3. The summed E-state index contributed by atoms with van der Waals surface area (Å²) in [6.45, 7) is 2.98. The van der Waals surface area contributed by atoms with Crippen molar-refractivity contribution < 1.29 is 4.79 Å². The number of aromatic nitrogens is 2. The molecule has 0 saturated heterocycles. The predicted molar refractivity (Wildman–Crippen MR) is 89.0 cm³/mol. The van der Waals surface area contributed by atoms with Gasteiger partial charge in [-0.15, -0.1) is 0 Å². The zero-order valence-electron chi connectivity index (χ0n) is 13.3. The molecule has 0 saturated carbocycles. The van der Waals surface area contributed by atoms with Gasteiger partial charge in [0, 0.05) is 19.2 Å². The number of nitrogens with zero attached hydrogens (tertiary/aromatic N) is 2. The molecule has 0 atom stereocenters. The van der Waals surface area contributed by atoms with Crippen molar-refractivity contribution in [3.05, 3.63) is 48.3 Å². The second-order valence-corrected chi connectivity index (χ2v) is 5.54. The molecule has 0 fully saturated rings. The number of nitrogens with one attached hydrogen (secondary N) is 1. The van der Waals surface area contributed by atoms with Crippen LogP contribution in [0.2, 0.25) is 0 Å². The van der Waals surface area contributed by atoms with Crippen molar-refractivity contribution in [2.75, 3.05) is 6.54 Å². The lowest BCUT2D eigenvalue weighted by molar-refractivity contribution is -0.121. The fourth-order valence-corrected chi connectivity index (χ4v) is 2.34. The van der Waals surface area contributed by atoms with Gasteiger partial charge < -0.3 is 5.32 Å². The summed E-state index contributed by atoms with van der Waals surface area (Å²) in [5.74, 6) is 0.129. The lowest BCUT2D eigenvalue weighted by Crippen LogP contribution is -2.24. The number of carbonyl (C=O) groups excluding carboxylic acids is 1. The minimum Gasteiger partial charge on any atom is -0.356 e. The lowest BCUT2D eigenvalue weighted by atomic mass is 10.2. The summed E-state index contributed by atoms with van der Waals surface area (Å²) in [5, 5.41) is 7.33. The van der Waals surface area contributed by atoms with E-state index in [1.54, 1.807) is 0 Å². The Morgan fingerprint density at radius 2 is 2.00 bits per heavy atom. The minimum atomic E-state index is 0.129. The Kier molecular flexibility index (Phi) is 6.68. The van der Waals surface area contributed by atoms with E-state index in [4.69, 9.17) is 0 Å². The Bertz CT molecular complexity index is 563. The molecule has 1 aromatic heterocycles. The molecule has 4 heteroatoms. The van der Waals surface area contributed by atoms with Gasteiger partial charge in [-0.3, -0.25) is 4.79 Å². The highest BCUT2D eigenvalue weighted by Crippen LogP contribution is 2.09. The Hall–Kier alpha value is -2.10. The lowest BCUT2D eigenvalue weighted by Gasteiger charge is -2.04. The Morgan fingerprint density at radius 3 is 2.77 bits per heavy atom. The van der Waals surface area contributed by atoms with Gasteiger partial charge in [0.05, 0.1) is 11.9 Å². The van der Waals surface area contributed by atoms with Crippen LogP contribution in [0.3, 0.4) is 0 Å². The fourth-order valence-electron chi connectivity index (χ4n) is 2.34. The Morgan fingerprint density at radius 1 is 1.18 bits per heavy atom. The van der Waals surface area contributed by atoms with Gasteiger partial charge in [-0.05, 0) is 30.5 Å². The zero-order chi connectivity index (χ0) is 15.6. The van der Waals surface area contributed by atoms with E-state index in [9.17, 15) is 4.79 Å². The van der Waals surface area contributed by atoms with Gasteiger partial charge in [-0.25, -0.2) is 4.68 Å². The van der Waals surface area contributed by atoms with Crippen LogP contribution in [0.25, 0.3) is 5.69 Å². The minimum absolute atomic E-state index is 0.129. The SMILES string of the molecule is CCCCCCNC(=O)CCc1cnn(-c2ccccc2)c1. The number of hydrogen-bond acceptors (Lipinski definition) is 2. The van der Waals surface area contributed by atoms with Gasteiger partial charge in [-0.2, -0.15) is 5.10 Å². The average molecular weight is 299 g/mol. The summed E-state index contributed by atoms with van der Waals surface area (Å²) >= 11 is 0. The quantitative estimate of drug-likeness (QED) is 0.720. The normalized spacial score (nSPS) is 10.6. The number of rotatable bonds is 9. The molecule has 0 radical (unpaired) electrons. The maximum atomic E-state index is 11.8. The molecule has 2 aromatic rings. The van der Waals surface area contributed by atoms with E-state index in [2.05, 4.69) is 17.3 Å². The molecular weight excluding hydrogens is 274 g/mol. The molecule has 1 heterocycles. The number of carbonyl (C=O) groups is 1. The third kappa shape index (κ3) is 5.35. The van der Waals surface area contributed by atoms with Crippen molar-refractivity contribution in [3.8, 4) is 5.69 Å². The summed E-state index contributed by atoms with van der Waals surface area (Å²) in [6, 6.07) is 9.99. The van der Waals surface area contributed by atoms with Crippen LogP contribution >= 0.6 is 0 Å². The third-order valence-corrected chi connectivity index (χ3v) is 3.65. The number of benzene rings is 1. The van der Waals surface area contributed by atoms with Crippen molar-refractivity contribution in [1.29, 1.82) is 0 Å². The van der Waals surface area contributed by atoms with Crippen molar-refractivity contribution in [3.63, 3.8) is 0 Å². The van der Waals surface area contributed by atoms with Crippen molar-refractivity contribution in [2.24, 2.45) is 0 Å². The molecule has 2 rings (SSSR count). The van der Waals surface area contributed by atoms with E-state index in [0.29, 0.717) is 6.42 Å². The van der Waals surface area contributed by atoms with Gasteiger partial charge in [0.1, 0.15) is 0 Å². The average Bonchev–Trinajstić information content (AvgIpc) is 3.02. The standard InChI is InChI=1S/C18H25N3O/c1-2-3-4-8-13-19-18(22)12-11-16-14-20-21(15-16)17-9-6-5-7-10-17/h5-7,9-10,14-15H,2-4,8,11-13H2,1H3,(H,19,22). The van der Waals surface area contributed by atoms with Crippen molar-refractivity contribution in [1.82, 2.24) is 15.1 Å². The molecule has 0 aliphatic rings. The van der Waals surface area contributed by atoms with Gasteiger partial charge in [0.25, 0.3) is 0 Å². The highest BCUT2D eigenvalue weighted by atomic mass is 16.1. The molecule has 1 aromatic carbocycles. The van der Waals surface area contributed by atoms with E-state index >= 15 is 0 Å². The van der Waals surface area contributed by atoms with Crippen LogP contribution in [0, 0.1) is 0 Å². The van der Waals surface area contributed by atoms with Gasteiger partial charge in [0.15, 0.2) is 0 Å². The molecule has 0 unspecified atom stereocenters. The van der Waals surface area contributed by atoms with Gasteiger partial charge >= 0.3 is 0 Å². The van der Waals surface area contributed by atoms with Crippen LogP contribution in [-0.2, 0) is 11.2 Å². The van der Waals surface area contributed by atoms with Crippen LogP contribution in [-0.4, -0.2) is 22.2 Å². The summed E-state index contributed by atoms with van der Waals surface area (Å²) in [4.78, 5) is 11.8. The summed E-state index contributed by atoms with van der Waals surface area (Å²) < 4.78 is 1.85. The molecule has 1 N–H and O–H groups in total. The van der Waals surface area contributed by atoms with E-state index in [0.717, 1.165) is 30.6 Å². The molecule has 4 nitrogen and oxygen atoms in total. The Labute approximate surface area is 132 Å². The van der Waals surface area contributed by atoms with E-state index < -0.39 is 0 Å². The Balaban J connectivity index is 1.71. The molecule has 0 spiro atoms. The molecule has 0 bridgehead atoms. The molecule has 0 aliphatic carbocycles. The maximum absolute atomic E-state index is 11.8. The van der Waals surface area contributed by atoms with Gasteiger partial charge in [-0.1, -0.05) is 44.4 Å². The second kappa shape index (κ2) is 9.03. The van der Waals surface area contributed by atoms with E-state index in [1.807, 2.05) is 47.4 Å². The topological polar surface area (TPSA) is 46.9 Å². The molecular formula is C18H25N3O. The fraction of sp³-hybridized carbons (Fsp3) is 0.444. The first-order valence-corrected chi connectivity index (χ1v) is 8.15. The van der Waals surface area contributed by atoms with Crippen LogP contribution in [0.15, 0.2) is 42.7 Å². The van der Waals surface area contributed by atoms with Gasteiger partial charge in [0.2, 0.25) is 5.91 Å². The highest BCUT2D eigenvalue weighted by Gasteiger charge is 2.04. The molecule has 1 amide bonds. The first-order valence-electron chi connectivity index (χ1n) is 8.15. The van der Waals surface area contributed by atoms with Crippen LogP contribution in [0.4, 0.5) is 0 Å². The largest absolute Gasteiger partial charge is 0.356 e. The van der Waals surface area contributed by atoms with Crippen LogP contribution in [0.5, 0.6) is 0 Å². The first kappa shape index (κ1) is 16.3. The van der Waals surface area contributed by atoms with Crippen LogP contribution < -0.4 is 5.32 Å². The molecule has 0 aliphatic heterocycles. The summed E-state index contributed by atoms with van der Waals surface area (Å²) in [5.41, 5.74) is 2.12. The third-order valence-electron chi connectivity index (χ3n) is 3.65. The number of hydrogen-bond donors (Lipinski definition) is 1. The maximum Gasteiger partial charge on any atom is 0.220 e. The number of para-hydroxylation sites is 1. The van der Waals surface area contributed by atoms with E-state index in [1.165, 1.54) is 19.3 Å². The van der Waals surface area contributed by atoms with Crippen molar-refractivity contribution in [2.45, 2.75) is 45.4 Å². The highest BCUT2D eigenvalue weighted by molar-refractivity contribution is 5.76. The predicted octanol–water partition coefficient (Wildman–Crippen LogP) is 3.50.